The molecule has 2 N–H and O–H groups in total. The molecule has 0 spiro atoms. The first kappa shape index (κ1) is 24.9. The molecule has 0 aliphatic carbocycles. The Morgan fingerprint density at radius 3 is 2.74 bits per heavy atom. The van der Waals surface area contributed by atoms with Crippen molar-refractivity contribution in [2.75, 3.05) is 23.3 Å². The van der Waals surface area contributed by atoms with Gasteiger partial charge in [0.2, 0.25) is 5.91 Å². The van der Waals surface area contributed by atoms with Crippen LogP contribution in [0.4, 0.5) is 21.9 Å². The van der Waals surface area contributed by atoms with Crippen LogP contribution in [0.15, 0.2) is 73.4 Å². The number of thiophene rings is 1. The van der Waals surface area contributed by atoms with E-state index in [-0.39, 0.29) is 17.9 Å². The van der Waals surface area contributed by atoms with Crippen LogP contribution in [-0.4, -0.2) is 46.9 Å². The Morgan fingerprint density at radius 1 is 1.15 bits per heavy atom. The van der Waals surface area contributed by atoms with Crippen molar-refractivity contribution >= 4 is 68.1 Å². The molecule has 1 fully saturated rings. The fraction of sp³-hybridized carbons (Fsp3) is 0.143. The van der Waals surface area contributed by atoms with Gasteiger partial charge in [-0.3, -0.25) is 14.5 Å². The summed E-state index contributed by atoms with van der Waals surface area (Å²) in [6.07, 6.45) is 3.50. The van der Waals surface area contributed by atoms with Gasteiger partial charge in [-0.2, -0.15) is 0 Å². The Labute approximate surface area is 232 Å². The van der Waals surface area contributed by atoms with Crippen LogP contribution in [0.3, 0.4) is 0 Å². The lowest BCUT2D eigenvalue weighted by Gasteiger charge is -2.29. The molecule has 11 heteroatoms. The smallest absolute Gasteiger partial charge is 0.331 e. The van der Waals surface area contributed by atoms with Gasteiger partial charge in [-0.15, -0.1) is 11.3 Å². The summed E-state index contributed by atoms with van der Waals surface area (Å²) in [7, 11) is 0. The predicted octanol–water partition coefficient (Wildman–Crippen LogP) is 5.94. The van der Waals surface area contributed by atoms with Crippen LogP contribution in [0.1, 0.15) is 16.1 Å². The molecule has 39 heavy (non-hydrogen) atoms. The highest BCUT2D eigenvalue weighted by atomic mass is 35.5. The summed E-state index contributed by atoms with van der Waals surface area (Å²) in [6.45, 7) is 4.47. The Bertz CT molecular complexity index is 1640. The lowest BCUT2D eigenvalue weighted by Crippen LogP contribution is -2.39. The minimum absolute atomic E-state index is 0.164. The number of nitrogens with zero attached hydrogens (tertiary/aromatic N) is 3. The number of carbonyl (C=O) groups is 3. The summed E-state index contributed by atoms with van der Waals surface area (Å²) >= 11 is 7.84. The Morgan fingerprint density at radius 2 is 1.97 bits per heavy atom. The van der Waals surface area contributed by atoms with E-state index in [2.05, 4.69) is 22.2 Å². The maximum Gasteiger partial charge on any atom is 0.331 e. The Hall–Kier alpha value is -4.41. The second kappa shape index (κ2) is 10.0. The molecular formula is C28H22ClN5O4S. The van der Waals surface area contributed by atoms with Crippen LogP contribution in [0.25, 0.3) is 10.2 Å². The maximum atomic E-state index is 13.4. The highest BCUT2D eigenvalue weighted by Gasteiger charge is 2.35. The number of hydrogen-bond acceptors (Lipinski definition) is 6. The van der Waals surface area contributed by atoms with Crippen molar-refractivity contribution < 1.29 is 19.1 Å². The van der Waals surface area contributed by atoms with Crippen molar-refractivity contribution in [2.24, 2.45) is 0 Å². The lowest BCUT2D eigenvalue weighted by molar-refractivity contribution is -0.125. The predicted molar refractivity (Wildman–Crippen MR) is 151 cm³/mol. The number of pyridine rings is 1. The third-order valence-electron chi connectivity index (χ3n) is 6.60. The summed E-state index contributed by atoms with van der Waals surface area (Å²) in [5.41, 5.74) is 1.44. The normalized spacial score (nSPS) is 16.2. The highest BCUT2D eigenvalue weighted by Crippen LogP contribution is 2.47. The van der Waals surface area contributed by atoms with E-state index < -0.39 is 6.03 Å². The second-order valence-corrected chi connectivity index (χ2v) is 10.5. The molecule has 1 saturated heterocycles. The first-order valence-electron chi connectivity index (χ1n) is 12.2. The molecule has 4 aromatic rings. The average molecular weight is 560 g/mol. The number of anilines is 3. The maximum absolute atomic E-state index is 13.4. The van der Waals surface area contributed by atoms with Crippen LogP contribution in [0.5, 0.6) is 11.5 Å². The SMILES string of the molecule is C=CC(=O)N1CC[C@@H](NC(=O)c2sc3nccc4c3c2NC(=O)N4c2ccc(Oc3ccccc3)cc2Cl)C1. The number of hydrogen-bond donors (Lipinski definition) is 2. The molecule has 0 bridgehead atoms. The van der Waals surface area contributed by atoms with Gasteiger partial charge in [0, 0.05) is 31.4 Å². The lowest BCUT2D eigenvalue weighted by atomic mass is 10.1. The zero-order valence-corrected chi connectivity index (χ0v) is 22.1. The molecule has 2 aliphatic rings. The number of benzene rings is 2. The van der Waals surface area contributed by atoms with Crippen molar-refractivity contribution in [1.29, 1.82) is 0 Å². The second-order valence-electron chi connectivity index (χ2n) is 9.06. The number of para-hydroxylation sites is 1. The molecule has 2 aromatic heterocycles. The van der Waals surface area contributed by atoms with Crippen molar-refractivity contribution in [3.05, 3.63) is 83.3 Å². The van der Waals surface area contributed by atoms with Crippen molar-refractivity contribution in [3.63, 3.8) is 0 Å². The van der Waals surface area contributed by atoms with Gasteiger partial charge >= 0.3 is 6.03 Å². The molecule has 6 rings (SSSR count). The first-order chi connectivity index (χ1) is 18.9. The molecule has 2 aromatic carbocycles. The minimum Gasteiger partial charge on any atom is -0.457 e. The summed E-state index contributed by atoms with van der Waals surface area (Å²) in [5, 5.41) is 6.84. The zero-order valence-electron chi connectivity index (χ0n) is 20.5. The molecular weight excluding hydrogens is 538 g/mol. The molecule has 4 amide bonds. The van der Waals surface area contributed by atoms with Crippen molar-refractivity contribution in [3.8, 4) is 11.5 Å². The monoisotopic (exact) mass is 559 g/mol. The zero-order chi connectivity index (χ0) is 27.1. The molecule has 0 radical (unpaired) electrons. The Balaban J connectivity index is 1.29. The van der Waals surface area contributed by atoms with E-state index in [0.29, 0.717) is 68.2 Å². The van der Waals surface area contributed by atoms with E-state index in [1.165, 1.54) is 22.3 Å². The van der Waals surface area contributed by atoms with Crippen LogP contribution in [0, 0.1) is 0 Å². The largest absolute Gasteiger partial charge is 0.457 e. The van der Waals surface area contributed by atoms with Gasteiger partial charge in [0.05, 0.1) is 27.5 Å². The molecule has 1 atom stereocenters. The summed E-state index contributed by atoms with van der Waals surface area (Å²) in [5.74, 6) is 0.705. The Kier molecular flexibility index (Phi) is 6.41. The van der Waals surface area contributed by atoms with E-state index in [1.54, 1.807) is 35.4 Å². The molecule has 0 saturated carbocycles. The molecule has 2 aliphatic heterocycles. The topological polar surface area (TPSA) is 104 Å². The van der Waals surface area contributed by atoms with Gasteiger partial charge < -0.3 is 20.3 Å². The number of amides is 4. The number of ether oxygens (including phenoxy) is 1. The number of aromatic nitrogens is 1. The quantitative estimate of drug-likeness (QED) is 0.284. The van der Waals surface area contributed by atoms with Crippen LogP contribution >= 0.6 is 22.9 Å². The highest BCUT2D eigenvalue weighted by molar-refractivity contribution is 7.21. The number of urea groups is 1. The van der Waals surface area contributed by atoms with Gasteiger partial charge in [-0.1, -0.05) is 36.4 Å². The fourth-order valence-corrected chi connectivity index (χ4v) is 6.08. The summed E-state index contributed by atoms with van der Waals surface area (Å²) in [4.78, 5) is 47.1. The van der Waals surface area contributed by atoms with E-state index in [0.717, 1.165) is 0 Å². The summed E-state index contributed by atoms with van der Waals surface area (Å²) in [6, 6.07) is 15.5. The fourth-order valence-electron chi connectivity index (χ4n) is 4.80. The van der Waals surface area contributed by atoms with Gasteiger partial charge in [0.25, 0.3) is 5.91 Å². The van der Waals surface area contributed by atoms with Gasteiger partial charge in [-0.25, -0.2) is 9.78 Å². The van der Waals surface area contributed by atoms with E-state index in [9.17, 15) is 14.4 Å². The molecule has 9 nitrogen and oxygen atoms in total. The molecule has 4 heterocycles. The van der Waals surface area contributed by atoms with Crippen LogP contribution < -0.4 is 20.3 Å². The number of halogens is 1. The van der Waals surface area contributed by atoms with Crippen LogP contribution in [-0.2, 0) is 4.79 Å². The standard InChI is InChI=1S/C28H22ClN5O4S/c1-2-22(35)33-13-11-16(15-33)31-26(36)25-24-23-21(10-12-30-27(23)39-25)34(28(37)32-24)20-9-8-18(14-19(20)29)38-17-6-4-3-5-7-17/h2-10,12,14,16H,1,11,13,15H2,(H,31,36)(H,32,37)/t16-/m1/s1. The average Bonchev–Trinajstić information content (AvgIpc) is 3.55. The van der Waals surface area contributed by atoms with Crippen molar-refractivity contribution in [1.82, 2.24) is 15.2 Å². The van der Waals surface area contributed by atoms with Gasteiger partial charge in [0.1, 0.15) is 21.2 Å². The van der Waals surface area contributed by atoms with E-state index in [4.69, 9.17) is 16.3 Å². The minimum atomic E-state index is -0.454. The molecule has 0 unspecified atom stereocenters. The van der Waals surface area contributed by atoms with Gasteiger partial charge in [-0.05, 0) is 42.8 Å². The third kappa shape index (κ3) is 4.58. The number of rotatable bonds is 6. The number of likely N-dealkylation sites (tertiary alicyclic amines) is 1. The third-order valence-corrected chi connectivity index (χ3v) is 8.00. The number of carbonyl (C=O) groups excluding carboxylic acids is 3. The molecule has 196 valence electrons. The van der Waals surface area contributed by atoms with Crippen LogP contribution in [0.2, 0.25) is 5.02 Å². The number of nitrogens with one attached hydrogen (secondary N) is 2. The van der Waals surface area contributed by atoms with E-state index >= 15 is 0 Å². The van der Waals surface area contributed by atoms with Crippen molar-refractivity contribution in [2.45, 2.75) is 12.5 Å². The first-order valence-corrected chi connectivity index (χ1v) is 13.4. The van der Waals surface area contributed by atoms with Gasteiger partial charge in [0.15, 0.2) is 0 Å². The van der Waals surface area contributed by atoms with E-state index in [1.807, 2.05) is 30.3 Å². The summed E-state index contributed by atoms with van der Waals surface area (Å²) < 4.78 is 5.87.